The molecule has 1 saturated heterocycles. The summed E-state index contributed by atoms with van der Waals surface area (Å²) in [6.45, 7) is 13.2. The quantitative estimate of drug-likeness (QED) is 0.373. The highest BCUT2D eigenvalue weighted by molar-refractivity contribution is 5.79. The molecule has 1 heterocycles. The van der Waals surface area contributed by atoms with Crippen molar-refractivity contribution in [2.75, 3.05) is 59.5 Å². The molecule has 0 unspecified atom stereocenters. The summed E-state index contributed by atoms with van der Waals surface area (Å²) in [5, 5.41) is 6.79. The van der Waals surface area contributed by atoms with Gasteiger partial charge in [0.15, 0.2) is 5.96 Å². The molecule has 0 aromatic heterocycles. The Morgan fingerprint density at radius 3 is 2.59 bits per heavy atom. The van der Waals surface area contributed by atoms with Crippen LogP contribution in [-0.2, 0) is 6.54 Å². The van der Waals surface area contributed by atoms with E-state index in [9.17, 15) is 0 Å². The van der Waals surface area contributed by atoms with Crippen molar-refractivity contribution < 1.29 is 4.74 Å². The highest BCUT2D eigenvalue weighted by Gasteiger charge is 2.12. The molecule has 2 rings (SSSR count). The first-order valence-corrected chi connectivity index (χ1v) is 10.4. The molecule has 6 nitrogen and oxygen atoms in total. The summed E-state index contributed by atoms with van der Waals surface area (Å²) < 4.78 is 5.69. The Bertz CT molecular complexity index is 555. The van der Waals surface area contributed by atoms with E-state index in [2.05, 4.69) is 40.5 Å². The van der Waals surface area contributed by atoms with Gasteiger partial charge in [-0.3, -0.25) is 0 Å². The lowest BCUT2D eigenvalue weighted by Crippen LogP contribution is -2.44. The van der Waals surface area contributed by atoms with Gasteiger partial charge in [-0.2, -0.15) is 0 Å². The molecular formula is C21H37N5O. The van der Waals surface area contributed by atoms with Crippen LogP contribution in [0.3, 0.4) is 0 Å². The monoisotopic (exact) mass is 375 g/mol. The van der Waals surface area contributed by atoms with Crippen molar-refractivity contribution in [2.24, 2.45) is 4.99 Å². The van der Waals surface area contributed by atoms with Gasteiger partial charge in [-0.25, -0.2) is 4.99 Å². The van der Waals surface area contributed by atoms with Gasteiger partial charge < -0.3 is 25.2 Å². The van der Waals surface area contributed by atoms with E-state index >= 15 is 0 Å². The van der Waals surface area contributed by atoms with Crippen molar-refractivity contribution in [1.82, 2.24) is 20.4 Å². The van der Waals surface area contributed by atoms with Crippen LogP contribution >= 0.6 is 0 Å². The second-order valence-electron chi connectivity index (χ2n) is 7.01. The fourth-order valence-corrected chi connectivity index (χ4v) is 3.18. The number of nitrogens with one attached hydrogen (secondary N) is 2. The van der Waals surface area contributed by atoms with Crippen LogP contribution < -0.4 is 15.4 Å². The maximum Gasteiger partial charge on any atom is 0.191 e. The Morgan fingerprint density at radius 2 is 1.85 bits per heavy atom. The Labute approximate surface area is 165 Å². The minimum absolute atomic E-state index is 0.618. The zero-order chi connectivity index (χ0) is 19.3. The maximum atomic E-state index is 5.69. The third kappa shape index (κ3) is 8.18. The number of hydrogen-bond donors (Lipinski definition) is 2. The standard InChI is InChI=1S/C21H37N5O/c1-4-22-21(24-18-19-10-6-7-11-20(19)27-5-2)23-12-8-9-13-26-16-14-25(3)15-17-26/h6-7,10-11H,4-5,8-9,12-18H2,1-3H3,(H2,22,23,24). The number of hydrogen-bond acceptors (Lipinski definition) is 4. The number of aliphatic imine (C=N–C) groups is 1. The second-order valence-corrected chi connectivity index (χ2v) is 7.01. The fraction of sp³-hybridized carbons (Fsp3) is 0.667. The number of benzene rings is 1. The van der Waals surface area contributed by atoms with Crippen LogP contribution in [0, 0.1) is 0 Å². The van der Waals surface area contributed by atoms with E-state index in [0.29, 0.717) is 13.2 Å². The summed E-state index contributed by atoms with van der Waals surface area (Å²) in [6, 6.07) is 8.12. The first-order chi connectivity index (χ1) is 13.2. The van der Waals surface area contributed by atoms with Gasteiger partial charge in [0.2, 0.25) is 0 Å². The minimum Gasteiger partial charge on any atom is -0.494 e. The smallest absolute Gasteiger partial charge is 0.191 e. The van der Waals surface area contributed by atoms with Crippen molar-refractivity contribution in [3.63, 3.8) is 0 Å². The molecular weight excluding hydrogens is 338 g/mol. The Hall–Kier alpha value is -1.79. The van der Waals surface area contributed by atoms with E-state index < -0.39 is 0 Å². The van der Waals surface area contributed by atoms with Gasteiger partial charge in [0.1, 0.15) is 5.75 Å². The zero-order valence-electron chi connectivity index (χ0n) is 17.3. The van der Waals surface area contributed by atoms with Gasteiger partial charge in [-0.05, 0) is 46.3 Å². The Morgan fingerprint density at radius 1 is 1.07 bits per heavy atom. The second kappa shape index (κ2) is 12.6. The largest absolute Gasteiger partial charge is 0.494 e. The van der Waals surface area contributed by atoms with E-state index in [4.69, 9.17) is 9.73 Å². The molecule has 0 radical (unpaired) electrons. The predicted octanol–water partition coefficient (Wildman–Crippen LogP) is 2.17. The lowest BCUT2D eigenvalue weighted by atomic mass is 10.2. The fourth-order valence-electron chi connectivity index (χ4n) is 3.18. The number of nitrogens with zero attached hydrogens (tertiary/aromatic N) is 3. The molecule has 6 heteroatoms. The molecule has 1 aliphatic heterocycles. The highest BCUT2D eigenvalue weighted by Crippen LogP contribution is 2.18. The first kappa shape index (κ1) is 21.5. The SMILES string of the molecule is CCNC(=NCc1ccccc1OCC)NCCCCN1CCN(C)CC1. The molecule has 0 atom stereocenters. The normalized spacial score (nSPS) is 16.3. The third-order valence-electron chi connectivity index (χ3n) is 4.81. The van der Waals surface area contributed by atoms with Crippen LogP contribution in [0.25, 0.3) is 0 Å². The molecule has 0 amide bonds. The van der Waals surface area contributed by atoms with E-state index in [1.807, 2.05) is 25.1 Å². The molecule has 1 aromatic carbocycles. The van der Waals surface area contributed by atoms with Crippen molar-refractivity contribution in [3.8, 4) is 5.75 Å². The van der Waals surface area contributed by atoms with Gasteiger partial charge >= 0.3 is 0 Å². The van der Waals surface area contributed by atoms with Gasteiger partial charge in [-0.15, -0.1) is 0 Å². The van der Waals surface area contributed by atoms with Crippen molar-refractivity contribution in [3.05, 3.63) is 29.8 Å². The predicted molar refractivity (Wildman–Crippen MR) is 114 cm³/mol. The Balaban J connectivity index is 1.72. The van der Waals surface area contributed by atoms with Gasteiger partial charge in [-0.1, -0.05) is 18.2 Å². The van der Waals surface area contributed by atoms with E-state index in [1.54, 1.807) is 0 Å². The molecule has 0 aliphatic carbocycles. The average Bonchev–Trinajstić information content (AvgIpc) is 2.68. The van der Waals surface area contributed by atoms with Crippen LogP contribution in [0.1, 0.15) is 32.3 Å². The van der Waals surface area contributed by atoms with Crippen LogP contribution in [0.2, 0.25) is 0 Å². The molecule has 152 valence electrons. The van der Waals surface area contributed by atoms with Crippen LogP contribution in [-0.4, -0.2) is 75.2 Å². The van der Waals surface area contributed by atoms with E-state index in [-0.39, 0.29) is 0 Å². The number of guanidine groups is 1. The van der Waals surface area contributed by atoms with Crippen molar-refractivity contribution >= 4 is 5.96 Å². The Kier molecular flexibility index (Phi) is 10.0. The molecule has 0 saturated carbocycles. The molecule has 1 fully saturated rings. The van der Waals surface area contributed by atoms with Gasteiger partial charge in [0.05, 0.1) is 13.2 Å². The number of rotatable bonds is 10. The third-order valence-corrected chi connectivity index (χ3v) is 4.81. The summed E-state index contributed by atoms with van der Waals surface area (Å²) >= 11 is 0. The van der Waals surface area contributed by atoms with Crippen molar-refractivity contribution in [1.29, 1.82) is 0 Å². The zero-order valence-corrected chi connectivity index (χ0v) is 17.3. The summed E-state index contributed by atoms with van der Waals surface area (Å²) in [5.41, 5.74) is 1.12. The van der Waals surface area contributed by atoms with Gasteiger partial charge in [0.25, 0.3) is 0 Å². The van der Waals surface area contributed by atoms with Crippen LogP contribution in [0.15, 0.2) is 29.3 Å². The summed E-state index contributed by atoms with van der Waals surface area (Å²) in [6.07, 6.45) is 2.38. The van der Waals surface area contributed by atoms with Crippen LogP contribution in [0.4, 0.5) is 0 Å². The molecule has 1 aliphatic rings. The summed E-state index contributed by atoms with van der Waals surface area (Å²) in [4.78, 5) is 9.70. The molecule has 2 N–H and O–H groups in total. The first-order valence-electron chi connectivity index (χ1n) is 10.4. The highest BCUT2D eigenvalue weighted by atomic mass is 16.5. The number of ether oxygens (including phenoxy) is 1. The minimum atomic E-state index is 0.618. The average molecular weight is 376 g/mol. The van der Waals surface area contributed by atoms with E-state index in [0.717, 1.165) is 36.8 Å². The lowest BCUT2D eigenvalue weighted by Gasteiger charge is -2.32. The number of likely N-dealkylation sites (N-methyl/N-ethyl adjacent to an activating group) is 1. The van der Waals surface area contributed by atoms with Crippen LogP contribution in [0.5, 0.6) is 5.75 Å². The number of unbranched alkanes of at least 4 members (excludes halogenated alkanes) is 1. The number of piperazine rings is 1. The number of para-hydroxylation sites is 1. The van der Waals surface area contributed by atoms with Crippen molar-refractivity contribution in [2.45, 2.75) is 33.2 Å². The molecule has 0 spiro atoms. The van der Waals surface area contributed by atoms with E-state index in [1.165, 1.54) is 39.1 Å². The molecule has 0 bridgehead atoms. The van der Waals surface area contributed by atoms with Gasteiger partial charge in [0, 0.05) is 44.8 Å². The molecule has 1 aromatic rings. The summed E-state index contributed by atoms with van der Waals surface area (Å²) in [5.74, 6) is 1.80. The maximum absolute atomic E-state index is 5.69. The molecule has 27 heavy (non-hydrogen) atoms. The topological polar surface area (TPSA) is 52.1 Å². The lowest BCUT2D eigenvalue weighted by molar-refractivity contribution is 0.152. The summed E-state index contributed by atoms with van der Waals surface area (Å²) in [7, 11) is 2.20.